The summed E-state index contributed by atoms with van der Waals surface area (Å²) in [5, 5.41) is 11.8. The SMILES string of the molecule is CCSc1nnc(Br)n1-c1ccc(C)c2ccccc12. The summed E-state index contributed by atoms with van der Waals surface area (Å²) >= 11 is 5.19. The first-order chi connectivity index (χ1) is 9.72. The molecule has 102 valence electrons. The van der Waals surface area contributed by atoms with Crippen molar-refractivity contribution in [2.24, 2.45) is 0 Å². The Morgan fingerprint density at radius 3 is 2.60 bits per heavy atom. The predicted molar refractivity (Wildman–Crippen MR) is 87.7 cm³/mol. The Morgan fingerprint density at radius 1 is 1.10 bits per heavy atom. The van der Waals surface area contributed by atoms with E-state index >= 15 is 0 Å². The first-order valence-electron chi connectivity index (χ1n) is 6.44. The van der Waals surface area contributed by atoms with E-state index in [1.165, 1.54) is 16.3 Å². The molecule has 0 saturated carbocycles. The predicted octanol–water partition coefficient (Wildman–Crippen LogP) is 4.60. The van der Waals surface area contributed by atoms with Crippen LogP contribution in [0.3, 0.4) is 0 Å². The van der Waals surface area contributed by atoms with Gasteiger partial charge in [0.25, 0.3) is 0 Å². The Kier molecular flexibility index (Phi) is 3.81. The number of aryl methyl sites for hydroxylation is 1. The Bertz CT molecular complexity index is 767. The van der Waals surface area contributed by atoms with E-state index in [1.807, 2.05) is 0 Å². The molecule has 0 N–H and O–H groups in total. The highest BCUT2D eigenvalue weighted by Gasteiger charge is 2.14. The van der Waals surface area contributed by atoms with E-state index in [4.69, 9.17) is 0 Å². The fourth-order valence-electron chi connectivity index (χ4n) is 2.31. The minimum Gasteiger partial charge on any atom is -0.264 e. The van der Waals surface area contributed by atoms with E-state index in [2.05, 4.69) is 80.9 Å². The molecule has 3 aromatic rings. The average Bonchev–Trinajstić information content (AvgIpc) is 2.82. The van der Waals surface area contributed by atoms with Gasteiger partial charge in [-0.1, -0.05) is 49.0 Å². The van der Waals surface area contributed by atoms with Gasteiger partial charge in [0, 0.05) is 5.39 Å². The molecule has 3 nitrogen and oxygen atoms in total. The molecule has 0 aliphatic rings. The van der Waals surface area contributed by atoms with Crippen LogP contribution in [0.4, 0.5) is 0 Å². The summed E-state index contributed by atoms with van der Waals surface area (Å²) < 4.78 is 2.80. The molecule has 0 aliphatic carbocycles. The molecular weight excluding hydrogens is 334 g/mol. The highest BCUT2D eigenvalue weighted by molar-refractivity contribution is 9.10. The molecule has 0 radical (unpaired) electrons. The van der Waals surface area contributed by atoms with Crippen molar-refractivity contribution in [3.05, 3.63) is 46.7 Å². The fourth-order valence-corrected chi connectivity index (χ4v) is 3.53. The zero-order valence-corrected chi connectivity index (χ0v) is 13.7. The number of rotatable bonds is 3. The maximum atomic E-state index is 4.24. The van der Waals surface area contributed by atoms with Gasteiger partial charge >= 0.3 is 0 Å². The van der Waals surface area contributed by atoms with Crippen molar-refractivity contribution in [2.75, 3.05) is 5.75 Å². The number of benzene rings is 2. The lowest BCUT2D eigenvalue weighted by Gasteiger charge is -2.12. The second kappa shape index (κ2) is 5.58. The molecule has 0 spiro atoms. The van der Waals surface area contributed by atoms with Gasteiger partial charge in [-0.3, -0.25) is 4.57 Å². The van der Waals surface area contributed by atoms with Crippen molar-refractivity contribution in [1.82, 2.24) is 14.8 Å². The van der Waals surface area contributed by atoms with Crippen LogP contribution in [0.2, 0.25) is 0 Å². The van der Waals surface area contributed by atoms with Crippen molar-refractivity contribution in [2.45, 2.75) is 19.0 Å². The Balaban J connectivity index is 2.30. The summed E-state index contributed by atoms with van der Waals surface area (Å²) in [4.78, 5) is 0. The quantitative estimate of drug-likeness (QED) is 0.648. The maximum Gasteiger partial charge on any atom is 0.205 e. The lowest BCUT2D eigenvalue weighted by atomic mass is 10.0. The Hall–Kier alpha value is -1.33. The number of hydrogen-bond donors (Lipinski definition) is 0. The lowest BCUT2D eigenvalue weighted by molar-refractivity contribution is 0.882. The number of nitrogens with zero attached hydrogens (tertiary/aromatic N) is 3. The number of halogens is 1. The number of fused-ring (bicyclic) bond motifs is 1. The van der Waals surface area contributed by atoms with Crippen LogP contribution in [0.25, 0.3) is 16.5 Å². The third kappa shape index (κ3) is 2.25. The van der Waals surface area contributed by atoms with Crippen LogP contribution in [0.5, 0.6) is 0 Å². The summed E-state index contributed by atoms with van der Waals surface area (Å²) in [5.74, 6) is 0.967. The van der Waals surface area contributed by atoms with E-state index < -0.39 is 0 Å². The van der Waals surface area contributed by atoms with Gasteiger partial charge in [0.2, 0.25) is 4.73 Å². The monoisotopic (exact) mass is 347 g/mol. The molecule has 20 heavy (non-hydrogen) atoms. The summed E-state index contributed by atoms with van der Waals surface area (Å²) in [5.41, 5.74) is 2.39. The van der Waals surface area contributed by atoms with Crippen molar-refractivity contribution < 1.29 is 0 Å². The molecule has 0 aliphatic heterocycles. The number of thioether (sulfide) groups is 1. The Labute approximate surface area is 130 Å². The molecule has 0 bridgehead atoms. The molecule has 5 heteroatoms. The highest BCUT2D eigenvalue weighted by atomic mass is 79.9. The first kappa shape index (κ1) is 13.6. The second-order valence-electron chi connectivity index (χ2n) is 4.47. The standard InChI is InChI=1S/C15H14BrN3S/c1-3-20-15-18-17-14(16)19(15)13-9-8-10(2)11-6-4-5-7-12(11)13/h4-9H,3H2,1-2H3. The van der Waals surface area contributed by atoms with Gasteiger partial charge in [0.05, 0.1) is 5.69 Å². The van der Waals surface area contributed by atoms with E-state index in [0.29, 0.717) is 0 Å². The van der Waals surface area contributed by atoms with E-state index in [9.17, 15) is 0 Å². The van der Waals surface area contributed by atoms with Gasteiger partial charge in [-0.05, 0) is 45.6 Å². The van der Waals surface area contributed by atoms with Crippen molar-refractivity contribution in [1.29, 1.82) is 0 Å². The molecule has 2 aromatic carbocycles. The van der Waals surface area contributed by atoms with Gasteiger partial charge in [-0.25, -0.2) is 0 Å². The van der Waals surface area contributed by atoms with Crippen LogP contribution in [0, 0.1) is 6.92 Å². The number of aromatic nitrogens is 3. The summed E-state index contributed by atoms with van der Waals surface area (Å²) in [6.45, 7) is 4.25. The van der Waals surface area contributed by atoms with Crippen LogP contribution < -0.4 is 0 Å². The summed E-state index contributed by atoms with van der Waals surface area (Å²) in [6.07, 6.45) is 0. The maximum absolute atomic E-state index is 4.24. The molecule has 1 aromatic heterocycles. The van der Waals surface area contributed by atoms with Crippen LogP contribution in [0.1, 0.15) is 12.5 Å². The molecular formula is C15H14BrN3S. The van der Waals surface area contributed by atoms with Crippen LogP contribution >= 0.6 is 27.7 Å². The molecule has 1 heterocycles. The van der Waals surface area contributed by atoms with E-state index in [1.54, 1.807) is 11.8 Å². The van der Waals surface area contributed by atoms with Crippen molar-refractivity contribution in [3.8, 4) is 5.69 Å². The van der Waals surface area contributed by atoms with E-state index in [-0.39, 0.29) is 0 Å². The molecule has 0 unspecified atom stereocenters. The third-order valence-electron chi connectivity index (χ3n) is 3.23. The molecule has 0 atom stereocenters. The summed E-state index contributed by atoms with van der Waals surface area (Å²) in [7, 11) is 0. The highest BCUT2D eigenvalue weighted by Crippen LogP contribution is 2.30. The molecule has 0 fully saturated rings. The van der Waals surface area contributed by atoms with Crippen molar-refractivity contribution in [3.63, 3.8) is 0 Å². The normalized spacial score (nSPS) is 11.2. The minimum atomic E-state index is 0.738. The van der Waals surface area contributed by atoms with Crippen LogP contribution in [-0.4, -0.2) is 20.5 Å². The topological polar surface area (TPSA) is 30.7 Å². The van der Waals surface area contributed by atoms with Gasteiger partial charge in [-0.2, -0.15) is 0 Å². The largest absolute Gasteiger partial charge is 0.264 e. The molecule has 0 saturated heterocycles. The Morgan fingerprint density at radius 2 is 1.85 bits per heavy atom. The molecule has 0 amide bonds. The summed E-state index contributed by atoms with van der Waals surface area (Å²) in [6, 6.07) is 12.7. The second-order valence-corrected chi connectivity index (χ2v) is 6.41. The van der Waals surface area contributed by atoms with Crippen LogP contribution in [0.15, 0.2) is 46.3 Å². The minimum absolute atomic E-state index is 0.738. The zero-order valence-electron chi connectivity index (χ0n) is 11.3. The smallest absolute Gasteiger partial charge is 0.205 e. The average molecular weight is 348 g/mol. The third-order valence-corrected chi connectivity index (χ3v) is 4.55. The van der Waals surface area contributed by atoms with Crippen molar-refractivity contribution >= 4 is 38.5 Å². The van der Waals surface area contributed by atoms with Gasteiger partial charge in [0.15, 0.2) is 5.16 Å². The number of hydrogen-bond acceptors (Lipinski definition) is 3. The fraction of sp³-hybridized carbons (Fsp3) is 0.200. The van der Waals surface area contributed by atoms with Crippen LogP contribution in [-0.2, 0) is 0 Å². The van der Waals surface area contributed by atoms with Gasteiger partial charge in [-0.15, -0.1) is 10.2 Å². The lowest BCUT2D eigenvalue weighted by Crippen LogP contribution is -1.99. The first-order valence-corrected chi connectivity index (χ1v) is 8.22. The molecule has 3 rings (SSSR count). The van der Waals surface area contributed by atoms with Gasteiger partial charge < -0.3 is 0 Å². The van der Waals surface area contributed by atoms with Gasteiger partial charge in [0.1, 0.15) is 0 Å². The van der Waals surface area contributed by atoms with E-state index in [0.717, 1.165) is 21.3 Å². The zero-order chi connectivity index (χ0) is 14.1.